The van der Waals surface area contributed by atoms with Gasteiger partial charge in [-0.1, -0.05) is 22.0 Å². The molecule has 84 valence electrons. The highest BCUT2D eigenvalue weighted by molar-refractivity contribution is 9.10. The molecule has 0 saturated carbocycles. The van der Waals surface area contributed by atoms with Crippen molar-refractivity contribution in [2.75, 3.05) is 13.1 Å². The lowest BCUT2D eigenvalue weighted by Crippen LogP contribution is -2.40. The molecule has 16 heavy (non-hydrogen) atoms. The summed E-state index contributed by atoms with van der Waals surface area (Å²) >= 11 is 3.30. The van der Waals surface area contributed by atoms with E-state index >= 15 is 0 Å². The number of carboxylic acid groups (broad SMARTS) is 1. The zero-order valence-electron chi connectivity index (χ0n) is 8.44. The molecule has 1 heterocycles. The number of carbonyl (C=O) groups excluding carboxylic acids is 1. The summed E-state index contributed by atoms with van der Waals surface area (Å²) in [7, 11) is 0. The van der Waals surface area contributed by atoms with Gasteiger partial charge >= 0.3 is 5.97 Å². The summed E-state index contributed by atoms with van der Waals surface area (Å²) in [6.45, 7) is 0.241. The van der Waals surface area contributed by atoms with E-state index in [1.807, 2.05) is 12.1 Å². The molecule has 0 spiro atoms. The average Bonchev–Trinajstić information content (AvgIpc) is 2.22. The third kappa shape index (κ3) is 2.09. The van der Waals surface area contributed by atoms with Crippen LogP contribution < -0.4 is 0 Å². The lowest BCUT2D eigenvalue weighted by molar-refractivity contribution is -0.137. The summed E-state index contributed by atoms with van der Waals surface area (Å²) in [4.78, 5) is 23.9. The zero-order chi connectivity index (χ0) is 11.7. The Morgan fingerprint density at radius 1 is 1.50 bits per heavy atom. The fraction of sp³-hybridized carbons (Fsp3) is 0.273. The Morgan fingerprint density at radius 3 is 2.94 bits per heavy atom. The topological polar surface area (TPSA) is 57.6 Å². The van der Waals surface area contributed by atoms with Gasteiger partial charge in [-0.15, -0.1) is 0 Å². The Balaban J connectivity index is 2.30. The van der Waals surface area contributed by atoms with Crippen LogP contribution >= 0.6 is 15.9 Å². The van der Waals surface area contributed by atoms with Gasteiger partial charge in [0.15, 0.2) is 0 Å². The van der Waals surface area contributed by atoms with Crippen LogP contribution in [0, 0.1) is 0 Å². The van der Waals surface area contributed by atoms with E-state index in [1.165, 1.54) is 4.90 Å². The average molecular weight is 284 g/mol. The van der Waals surface area contributed by atoms with E-state index in [1.54, 1.807) is 6.07 Å². The molecule has 4 nitrogen and oxygen atoms in total. The Kier molecular flexibility index (Phi) is 2.96. The molecule has 1 aromatic rings. The molecular weight excluding hydrogens is 274 g/mol. The Hall–Kier alpha value is -1.36. The first-order valence-electron chi connectivity index (χ1n) is 4.87. The standard InChI is InChI=1S/C11H10BrNO3/c12-8-2-1-7-3-4-13(6-10(14)15)11(16)9(7)5-8/h1-2,5H,3-4,6H2,(H,14,15). The lowest BCUT2D eigenvalue weighted by Gasteiger charge is -2.27. The number of aliphatic carboxylic acids is 1. The van der Waals surface area contributed by atoms with Gasteiger partial charge in [0, 0.05) is 16.6 Å². The molecule has 0 radical (unpaired) electrons. The molecule has 5 heteroatoms. The van der Waals surface area contributed by atoms with Crippen LogP contribution in [0.3, 0.4) is 0 Å². The number of carboxylic acids is 1. The summed E-state index contributed by atoms with van der Waals surface area (Å²) < 4.78 is 0.830. The second-order valence-electron chi connectivity index (χ2n) is 3.67. The van der Waals surface area contributed by atoms with Crippen molar-refractivity contribution in [2.45, 2.75) is 6.42 Å². The number of halogens is 1. The number of rotatable bonds is 2. The molecule has 1 amide bonds. The van der Waals surface area contributed by atoms with Crippen LogP contribution in [0.2, 0.25) is 0 Å². The number of benzene rings is 1. The molecular formula is C11H10BrNO3. The highest BCUT2D eigenvalue weighted by Gasteiger charge is 2.25. The van der Waals surface area contributed by atoms with Crippen LogP contribution in [0.15, 0.2) is 22.7 Å². The third-order valence-electron chi connectivity index (χ3n) is 2.57. The predicted molar refractivity (Wildman–Crippen MR) is 61.4 cm³/mol. The van der Waals surface area contributed by atoms with E-state index < -0.39 is 5.97 Å². The first-order valence-corrected chi connectivity index (χ1v) is 5.67. The summed E-state index contributed by atoms with van der Waals surface area (Å²) in [5.41, 5.74) is 1.58. The highest BCUT2D eigenvalue weighted by atomic mass is 79.9. The van der Waals surface area contributed by atoms with Gasteiger partial charge in [0.05, 0.1) is 0 Å². The van der Waals surface area contributed by atoms with E-state index in [0.717, 1.165) is 10.0 Å². The predicted octanol–water partition coefficient (Wildman–Crippen LogP) is 1.53. The van der Waals surface area contributed by atoms with Gasteiger partial charge in [0.2, 0.25) is 0 Å². The van der Waals surface area contributed by atoms with E-state index in [9.17, 15) is 9.59 Å². The SMILES string of the molecule is O=C(O)CN1CCc2ccc(Br)cc2C1=O. The summed E-state index contributed by atoms with van der Waals surface area (Å²) in [5.74, 6) is -1.18. The molecule has 0 aliphatic carbocycles. The molecule has 0 bridgehead atoms. The zero-order valence-corrected chi connectivity index (χ0v) is 10.0. The molecule has 0 saturated heterocycles. The van der Waals surface area contributed by atoms with Gasteiger partial charge in [0.1, 0.15) is 6.54 Å². The molecule has 0 fully saturated rings. The van der Waals surface area contributed by atoms with E-state index in [2.05, 4.69) is 15.9 Å². The molecule has 1 aromatic carbocycles. The van der Waals surface area contributed by atoms with Gasteiger partial charge in [0.25, 0.3) is 5.91 Å². The van der Waals surface area contributed by atoms with Crippen molar-refractivity contribution < 1.29 is 14.7 Å². The molecule has 0 unspecified atom stereocenters. The lowest BCUT2D eigenvalue weighted by atomic mass is 9.99. The van der Waals surface area contributed by atoms with Crippen molar-refractivity contribution in [3.05, 3.63) is 33.8 Å². The minimum absolute atomic E-state index is 0.204. The molecule has 2 rings (SSSR count). The highest BCUT2D eigenvalue weighted by Crippen LogP contribution is 2.22. The van der Waals surface area contributed by atoms with Crippen molar-refractivity contribution in [2.24, 2.45) is 0 Å². The second kappa shape index (κ2) is 4.25. The normalized spacial score (nSPS) is 14.8. The maximum absolute atomic E-state index is 11.9. The van der Waals surface area contributed by atoms with Crippen LogP contribution in [0.1, 0.15) is 15.9 Å². The Labute approximate surface area is 101 Å². The monoisotopic (exact) mass is 283 g/mol. The maximum Gasteiger partial charge on any atom is 0.323 e. The molecule has 1 aliphatic rings. The number of carbonyl (C=O) groups is 2. The van der Waals surface area contributed by atoms with Crippen LogP contribution in [-0.2, 0) is 11.2 Å². The number of fused-ring (bicyclic) bond motifs is 1. The Bertz CT molecular complexity index is 459. The van der Waals surface area contributed by atoms with Gasteiger partial charge < -0.3 is 10.0 Å². The molecule has 1 N–H and O–H groups in total. The molecule has 0 atom stereocenters. The fourth-order valence-electron chi connectivity index (χ4n) is 1.81. The smallest absolute Gasteiger partial charge is 0.323 e. The number of hydrogen-bond acceptors (Lipinski definition) is 2. The number of nitrogens with zero attached hydrogens (tertiary/aromatic N) is 1. The molecule has 0 aromatic heterocycles. The quantitative estimate of drug-likeness (QED) is 0.896. The van der Waals surface area contributed by atoms with E-state index in [0.29, 0.717) is 18.5 Å². The van der Waals surface area contributed by atoms with Crippen molar-refractivity contribution in [1.82, 2.24) is 4.90 Å². The van der Waals surface area contributed by atoms with Gasteiger partial charge in [-0.05, 0) is 24.1 Å². The van der Waals surface area contributed by atoms with Gasteiger partial charge in [-0.2, -0.15) is 0 Å². The van der Waals surface area contributed by atoms with Crippen molar-refractivity contribution in [3.63, 3.8) is 0 Å². The first-order chi connectivity index (χ1) is 7.58. The van der Waals surface area contributed by atoms with Crippen molar-refractivity contribution in [3.8, 4) is 0 Å². The summed E-state index contributed by atoms with van der Waals surface area (Å²) in [5, 5.41) is 8.68. The maximum atomic E-state index is 11.9. The Morgan fingerprint density at radius 2 is 2.25 bits per heavy atom. The fourth-order valence-corrected chi connectivity index (χ4v) is 2.17. The van der Waals surface area contributed by atoms with Crippen LogP contribution in [0.25, 0.3) is 0 Å². The molecule has 1 aliphatic heterocycles. The van der Waals surface area contributed by atoms with E-state index in [-0.39, 0.29) is 12.5 Å². The summed E-state index contributed by atoms with van der Waals surface area (Å²) in [6.07, 6.45) is 0.710. The minimum atomic E-state index is -0.980. The minimum Gasteiger partial charge on any atom is -0.480 e. The van der Waals surface area contributed by atoms with Gasteiger partial charge in [-0.25, -0.2) is 0 Å². The first kappa shape index (κ1) is 11.1. The third-order valence-corrected chi connectivity index (χ3v) is 3.06. The van der Waals surface area contributed by atoms with E-state index in [4.69, 9.17) is 5.11 Å². The van der Waals surface area contributed by atoms with Gasteiger partial charge in [-0.3, -0.25) is 9.59 Å². The van der Waals surface area contributed by atoms with Crippen LogP contribution in [0.5, 0.6) is 0 Å². The van der Waals surface area contributed by atoms with Crippen LogP contribution in [-0.4, -0.2) is 35.0 Å². The van der Waals surface area contributed by atoms with Crippen LogP contribution in [0.4, 0.5) is 0 Å². The van der Waals surface area contributed by atoms with Crippen molar-refractivity contribution in [1.29, 1.82) is 0 Å². The number of amides is 1. The second-order valence-corrected chi connectivity index (χ2v) is 4.59. The number of hydrogen-bond donors (Lipinski definition) is 1. The largest absolute Gasteiger partial charge is 0.480 e. The van der Waals surface area contributed by atoms with Crippen molar-refractivity contribution >= 4 is 27.8 Å². The summed E-state index contributed by atoms with van der Waals surface area (Å²) in [6, 6.07) is 5.53.